The molecule has 0 spiro atoms. The van der Waals surface area contributed by atoms with Gasteiger partial charge in [-0.25, -0.2) is 0 Å². The van der Waals surface area contributed by atoms with Crippen LogP contribution in [0.25, 0.3) is 10.8 Å². The van der Waals surface area contributed by atoms with E-state index in [0.717, 1.165) is 31.1 Å². The number of carbonyl (C=O) groups is 1. The lowest BCUT2D eigenvalue weighted by Crippen LogP contribution is -2.51. The predicted octanol–water partition coefficient (Wildman–Crippen LogP) is 2.49. The molecule has 2 aromatic heterocycles. The van der Waals surface area contributed by atoms with Crippen molar-refractivity contribution in [2.45, 2.75) is 27.3 Å². The van der Waals surface area contributed by atoms with E-state index in [1.807, 2.05) is 43.2 Å². The summed E-state index contributed by atoms with van der Waals surface area (Å²) in [5.74, 6) is 1.50. The van der Waals surface area contributed by atoms with Gasteiger partial charge in [0.15, 0.2) is 5.82 Å². The first-order valence-electron chi connectivity index (χ1n) is 7.82. The van der Waals surface area contributed by atoms with Gasteiger partial charge in [0.1, 0.15) is 0 Å². The molecule has 6 nitrogen and oxygen atoms in total. The Hall–Kier alpha value is -1.73. The maximum Gasteiger partial charge on any atom is 0.268 e. The molecule has 3 rings (SSSR count). The fraction of sp³-hybridized carbons (Fsp3) is 0.562. The maximum absolute atomic E-state index is 12.3. The van der Waals surface area contributed by atoms with E-state index < -0.39 is 0 Å². The molecule has 23 heavy (non-hydrogen) atoms. The minimum atomic E-state index is -0.314. The minimum Gasteiger partial charge on any atom is -0.340 e. The van der Waals surface area contributed by atoms with Gasteiger partial charge in [-0.05, 0) is 11.4 Å². The van der Waals surface area contributed by atoms with E-state index in [2.05, 4.69) is 15.0 Å². The highest BCUT2D eigenvalue weighted by atomic mass is 32.1. The summed E-state index contributed by atoms with van der Waals surface area (Å²) in [7, 11) is 0. The Balaban J connectivity index is 1.54. The standard InChI is InChI=1S/C16H22N4O2S/c1-16(2,3)15(21)20-8-6-19(7-9-20)11-13-17-14(22-18-13)12-5-4-10-23-12/h4-5,10H,6-9,11H2,1-3H3. The molecule has 0 aromatic carbocycles. The van der Waals surface area contributed by atoms with Gasteiger partial charge in [-0.2, -0.15) is 4.98 Å². The fourth-order valence-electron chi connectivity index (χ4n) is 2.60. The van der Waals surface area contributed by atoms with Crippen molar-refractivity contribution in [1.82, 2.24) is 19.9 Å². The first-order valence-corrected chi connectivity index (χ1v) is 8.69. The van der Waals surface area contributed by atoms with Crippen molar-refractivity contribution in [3.63, 3.8) is 0 Å². The molecular weight excluding hydrogens is 312 g/mol. The summed E-state index contributed by atoms with van der Waals surface area (Å²) in [4.78, 5) is 21.9. The molecule has 0 unspecified atom stereocenters. The molecule has 7 heteroatoms. The molecule has 0 N–H and O–H groups in total. The number of rotatable bonds is 3. The van der Waals surface area contributed by atoms with Crippen molar-refractivity contribution in [3.8, 4) is 10.8 Å². The van der Waals surface area contributed by atoms with E-state index in [1.54, 1.807) is 11.3 Å². The topological polar surface area (TPSA) is 62.5 Å². The average molecular weight is 334 g/mol. The van der Waals surface area contributed by atoms with Gasteiger partial charge >= 0.3 is 0 Å². The molecule has 0 aliphatic carbocycles. The second-order valence-electron chi connectivity index (χ2n) is 6.81. The number of aromatic nitrogens is 2. The van der Waals surface area contributed by atoms with Crippen LogP contribution in [0, 0.1) is 5.41 Å². The van der Waals surface area contributed by atoms with E-state index in [-0.39, 0.29) is 11.3 Å². The lowest BCUT2D eigenvalue weighted by atomic mass is 9.94. The molecule has 1 fully saturated rings. The second kappa shape index (κ2) is 6.41. The Kier molecular flexibility index (Phi) is 4.50. The summed E-state index contributed by atoms with van der Waals surface area (Å²) in [6.07, 6.45) is 0. The number of amides is 1. The molecular formula is C16H22N4O2S. The van der Waals surface area contributed by atoms with Gasteiger partial charge in [0, 0.05) is 31.6 Å². The van der Waals surface area contributed by atoms with Gasteiger partial charge in [0.25, 0.3) is 5.89 Å². The van der Waals surface area contributed by atoms with Crippen molar-refractivity contribution in [1.29, 1.82) is 0 Å². The summed E-state index contributed by atoms with van der Waals surface area (Å²) in [5.41, 5.74) is -0.314. The average Bonchev–Trinajstić information content (AvgIpc) is 3.17. The lowest BCUT2D eigenvalue weighted by Gasteiger charge is -2.37. The third-order valence-corrected chi connectivity index (χ3v) is 4.72. The number of nitrogens with zero attached hydrogens (tertiary/aromatic N) is 4. The Labute approximate surface area is 140 Å². The van der Waals surface area contributed by atoms with Crippen molar-refractivity contribution in [2.75, 3.05) is 26.2 Å². The number of piperazine rings is 1. The predicted molar refractivity (Wildman–Crippen MR) is 88.9 cm³/mol. The molecule has 1 amide bonds. The van der Waals surface area contributed by atoms with Gasteiger partial charge in [0.05, 0.1) is 11.4 Å². The number of thiophene rings is 1. The number of carbonyl (C=O) groups excluding carboxylic acids is 1. The Morgan fingerprint density at radius 3 is 2.65 bits per heavy atom. The number of hydrogen-bond donors (Lipinski definition) is 0. The Morgan fingerprint density at radius 2 is 2.04 bits per heavy atom. The zero-order valence-corrected chi connectivity index (χ0v) is 14.6. The molecule has 0 saturated carbocycles. The van der Waals surface area contributed by atoms with Crippen LogP contribution in [0.15, 0.2) is 22.0 Å². The maximum atomic E-state index is 12.3. The molecule has 2 aromatic rings. The minimum absolute atomic E-state index is 0.219. The summed E-state index contributed by atoms with van der Waals surface area (Å²) in [5, 5.41) is 6.05. The number of hydrogen-bond acceptors (Lipinski definition) is 6. The van der Waals surface area contributed by atoms with E-state index in [9.17, 15) is 4.79 Å². The molecule has 1 saturated heterocycles. The smallest absolute Gasteiger partial charge is 0.268 e. The zero-order chi connectivity index (χ0) is 16.4. The van der Waals surface area contributed by atoms with Gasteiger partial charge in [-0.1, -0.05) is 32.0 Å². The molecule has 3 heterocycles. The molecule has 0 atom stereocenters. The monoisotopic (exact) mass is 334 g/mol. The highest BCUT2D eigenvalue weighted by Gasteiger charge is 2.29. The SMILES string of the molecule is CC(C)(C)C(=O)N1CCN(Cc2noc(-c3cccs3)n2)CC1. The van der Waals surface area contributed by atoms with Crippen LogP contribution in [-0.4, -0.2) is 52.0 Å². The van der Waals surface area contributed by atoms with E-state index in [4.69, 9.17) is 4.52 Å². The Morgan fingerprint density at radius 1 is 1.30 bits per heavy atom. The zero-order valence-electron chi connectivity index (χ0n) is 13.8. The van der Waals surface area contributed by atoms with Crippen molar-refractivity contribution >= 4 is 17.2 Å². The molecule has 1 aliphatic rings. The first-order chi connectivity index (χ1) is 10.9. The van der Waals surface area contributed by atoms with Crippen LogP contribution in [0.4, 0.5) is 0 Å². The van der Waals surface area contributed by atoms with E-state index in [1.165, 1.54) is 0 Å². The van der Waals surface area contributed by atoms with Gasteiger partial charge in [0.2, 0.25) is 5.91 Å². The molecule has 0 bridgehead atoms. The highest BCUT2D eigenvalue weighted by Crippen LogP contribution is 2.23. The van der Waals surface area contributed by atoms with E-state index in [0.29, 0.717) is 18.3 Å². The van der Waals surface area contributed by atoms with Crippen molar-refractivity contribution in [2.24, 2.45) is 5.41 Å². The molecule has 0 radical (unpaired) electrons. The molecule has 124 valence electrons. The van der Waals surface area contributed by atoms with Crippen LogP contribution < -0.4 is 0 Å². The normalized spacial score (nSPS) is 16.7. The van der Waals surface area contributed by atoms with Gasteiger partial charge < -0.3 is 9.42 Å². The second-order valence-corrected chi connectivity index (χ2v) is 7.76. The van der Waals surface area contributed by atoms with Crippen LogP contribution in [0.5, 0.6) is 0 Å². The fourth-order valence-corrected chi connectivity index (χ4v) is 3.25. The lowest BCUT2D eigenvalue weighted by molar-refractivity contribution is -0.141. The Bertz CT molecular complexity index is 652. The highest BCUT2D eigenvalue weighted by molar-refractivity contribution is 7.13. The van der Waals surface area contributed by atoms with Crippen LogP contribution in [-0.2, 0) is 11.3 Å². The quantitative estimate of drug-likeness (QED) is 0.863. The largest absolute Gasteiger partial charge is 0.340 e. The summed E-state index contributed by atoms with van der Waals surface area (Å²) in [6.45, 7) is 9.74. The third-order valence-electron chi connectivity index (χ3n) is 3.87. The van der Waals surface area contributed by atoms with Crippen LogP contribution >= 0.6 is 11.3 Å². The van der Waals surface area contributed by atoms with Crippen LogP contribution in [0.1, 0.15) is 26.6 Å². The summed E-state index contributed by atoms with van der Waals surface area (Å²) in [6, 6.07) is 3.94. The third kappa shape index (κ3) is 3.79. The summed E-state index contributed by atoms with van der Waals surface area (Å²) >= 11 is 1.59. The summed E-state index contributed by atoms with van der Waals surface area (Å²) < 4.78 is 5.31. The van der Waals surface area contributed by atoms with Gasteiger partial charge in [-0.3, -0.25) is 9.69 Å². The van der Waals surface area contributed by atoms with Crippen molar-refractivity contribution in [3.05, 3.63) is 23.3 Å². The molecule has 1 aliphatic heterocycles. The van der Waals surface area contributed by atoms with Gasteiger partial charge in [-0.15, -0.1) is 11.3 Å². The van der Waals surface area contributed by atoms with Crippen LogP contribution in [0.3, 0.4) is 0 Å². The first kappa shape index (κ1) is 16.1. The van der Waals surface area contributed by atoms with E-state index >= 15 is 0 Å². The van der Waals surface area contributed by atoms with Crippen LogP contribution in [0.2, 0.25) is 0 Å². The van der Waals surface area contributed by atoms with Crippen molar-refractivity contribution < 1.29 is 9.32 Å².